The quantitative estimate of drug-likeness (QED) is 0.779. The zero-order chi connectivity index (χ0) is 10.6. The predicted octanol–water partition coefficient (Wildman–Crippen LogP) is 2.67. The molecule has 1 unspecified atom stereocenters. The molecule has 0 saturated heterocycles. The van der Waals surface area contributed by atoms with Crippen molar-refractivity contribution in [1.29, 1.82) is 0 Å². The fourth-order valence-electron chi connectivity index (χ4n) is 1.41. The van der Waals surface area contributed by atoms with Crippen molar-refractivity contribution in [2.45, 2.75) is 32.7 Å². The van der Waals surface area contributed by atoms with Gasteiger partial charge in [-0.15, -0.1) is 0 Å². The van der Waals surface area contributed by atoms with E-state index in [0.717, 1.165) is 24.0 Å². The average molecular weight is 195 g/mol. The second-order valence-corrected chi connectivity index (χ2v) is 3.82. The lowest BCUT2D eigenvalue weighted by Crippen LogP contribution is -2.21. The maximum atomic E-state index is 13.3. The van der Waals surface area contributed by atoms with Crippen LogP contribution in [0.4, 0.5) is 4.39 Å². The van der Waals surface area contributed by atoms with Crippen molar-refractivity contribution < 1.29 is 4.39 Å². The van der Waals surface area contributed by atoms with Gasteiger partial charge in [0, 0.05) is 6.04 Å². The Balaban J connectivity index is 2.62. The summed E-state index contributed by atoms with van der Waals surface area (Å²) in [4.78, 5) is 0. The molecule has 1 aromatic carbocycles. The van der Waals surface area contributed by atoms with E-state index in [1.165, 1.54) is 0 Å². The van der Waals surface area contributed by atoms with Gasteiger partial charge in [0.2, 0.25) is 0 Å². The Labute approximate surface area is 85.3 Å². The van der Waals surface area contributed by atoms with E-state index >= 15 is 0 Å². The molecule has 78 valence electrons. The summed E-state index contributed by atoms with van der Waals surface area (Å²) in [5.74, 6) is -0.0843. The van der Waals surface area contributed by atoms with Crippen LogP contribution in [0.3, 0.4) is 0 Å². The van der Waals surface area contributed by atoms with Gasteiger partial charge in [-0.05, 0) is 45.4 Å². The molecule has 0 aliphatic carbocycles. The Morgan fingerprint density at radius 2 is 2.14 bits per heavy atom. The van der Waals surface area contributed by atoms with Gasteiger partial charge < -0.3 is 5.32 Å². The molecule has 0 heterocycles. The molecular formula is C12H18FN. The topological polar surface area (TPSA) is 12.0 Å². The van der Waals surface area contributed by atoms with E-state index in [1.807, 2.05) is 20.0 Å². The van der Waals surface area contributed by atoms with Crippen molar-refractivity contribution in [3.05, 3.63) is 35.1 Å². The van der Waals surface area contributed by atoms with Crippen LogP contribution in [-0.2, 0) is 6.42 Å². The lowest BCUT2D eigenvalue weighted by molar-refractivity contribution is 0.547. The molecule has 0 fully saturated rings. The highest BCUT2D eigenvalue weighted by Gasteiger charge is 2.04. The predicted molar refractivity (Wildman–Crippen MR) is 58.0 cm³/mol. The van der Waals surface area contributed by atoms with Gasteiger partial charge in [0.05, 0.1) is 0 Å². The molecule has 0 radical (unpaired) electrons. The number of hydrogen-bond acceptors (Lipinski definition) is 1. The number of aryl methyl sites for hydroxylation is 2. The maximum absolute atomic E-state index is 13.3. The zero-order valence-corrected chi connectivity index (χ0v) is 9.10. The van der Waals surface area contributed by atoms with E-state index in [2.05, 4.69) is 12.2 Å². The van der Waals surface area contributed by atoms with Gasteiger partial charge in [0.25, 0.3) is 0 Å². The molecule has 0 spiro atoms. The normalized spacial score (nSPS) is 12.9. The number of hydrogen-bond donors (Lipinski definition) is 1. The standard InChI is InChI=1S/C12H18FN/c1-9-4-7-12(13)11(8-9)6-5-10(2)14-3/h4,7-8,10,14H,5-6H2,1-3H3. The van der Waals surface area contributed by atoms with Crippen molar-refractivity contribution in [2.24, 2.45) is 0 Å². The van der Waals surface area contributed by atoms with Gasteiger partial charge in [-0.25, -0.2) is 4.39 Å². The van der Waals surface area contributed by atoms with Crippen molar-refractivity contribution in [3.63, 3.8) is 0 Å². The van der Waals surface area contributed by atoms with Crippen LogP contribution in [0.1, 0.15) is 24.5 Å². The first-order valence-corrected chi connectivity index (χ1v) is 5.05. The smallest absolute Gasteiger partial charge is 0.126 e. The molecule has 1 rings (SSSR count). The third kappa shape index (κ3) is 3.11. The molecule has 14 heavy (non-hydrogen) atoms. The second kappa shape index (κ2) is 5.11. The zero-order valence-electron chi connectivity index (χ0n) is 9.10. The van der Waals surface area contributed by atoms with Gasteiger partial charge in [0.15, 0.2) is 0 Å². The van der Waals surface area contributed by atoms with Crippen molar-refractivity contribution in [1.82, 2.24) is 5.32 Å². The molecule has 2 heteroatoms. The van der Waals surface area contributed by atoms with E-state index in [4.69, 9.17) is 0 Å². The molecular weight excluding hydrogens is 177 g/mol. The summed E-state index contributed by atoms with van der Waals surface area (Å²) in [5.41, 5.74) is 1.95. The van der Waals surface area contributed by atoms with Crippen molar-refractivity contribution in [3.8, 4) is 0 Å². The summed E-state index contributed by atoms with van der Waals surface area (Å²) in [5, 5.41) is 3.15. The first-order valence-electron chi connectivity index (χ1n) is 5.05. The number of benzene rings is 1. The minimum absolute atomic E-state index is 0.0843. The van der Waals surface area contributed by atoms with Crippen LogP contribution >= 0.6 is 0 Å². The minimum Gasteiger partial charge on any atom is -0.317 e. The van der Waals surface area contributed by atoms with Gasteiger partial charge in [-0.2, -0.15) is 0 Å². The van der Waals surface area contributed by atoms with E-state index < -0.39 is 0 Å². The van der Waals surface area contributed by atoms with Crippen LogP contribution < -0.4 is 5.32 Å². The Hall–Kier alpha value is -0.890. The minimum atomic E-state index is -0.0843. The lowest BCUT2D eigenvalue weighted by atomic mass is 10.0. The average Bonchev–Trinajstić information content (AvgIpc) is 2.19. The molecule has 0 bridgehead atoms. The fraction of sp³-hybridized carbons (Fsp3) is 0.500. The molecule has 1 N–H and O–H groups in total. The lowest BCUT2D eigenvalue weighted by Gasteiger charge is -2.10. The van der Waals surface area contributed by atoms with Gasteiger partial charge in [-0.1, -0.05) is 17.7 Å². The number of rotatable bonds is 4. The van der Waals surface area contributed by atoms with Crippen LogP contribution in [0, 0.1) is 12.7 Å². The summed E-state index contributed by atoms with van der Waals surface area (Å²) in [6.45, 7) is 4.10. The Morgan fingerprint density at radius 3 is 2.79 bits per heavy atom. The van der Waals surface area contributed by atoms with E-state index in [-0.39, 0.29) is 5.82 Å². The van der Waals surface area contributed by atoms with Crippen LogP contribution in [0.15, 0.2) is 18.2 Å². The first-order chi connectivity index (χ1) is 6.63. The summed E-state index contributed by atoms with van der Waals surface area (Å²) in [6, 6.07) is 5.72. The monoisotopic (exact) mass is 195 g/mol. The van der Waals surface area contributed by atoms with E-state index in [1.54, 1.807) is 12.1 Å². The van der Waals surface area contributed by atoms with E-state index in [9.17, 15) is 4.39 Å². The summed E-state index contributed by atoms with van der Waals surface area (Å²) >= 11 is 0. The largest absolute Gasteiger partial charge is 0.317 e. The maximum Gasteiger partial charge on any atom is 0.126 e. The van der Waals surface area contributed by atoms with Crippen LogP contribution in [0.5, 0.6) is 0 Å². The molecule has 0 saturated carbocycles. The Morgan fingerprint density at radius 1 is 1.43 bits per heavy atom. The van der Waals surface area contributed by atoms with Gasteiger partial charge >= 0.3 is 0 Å². The Kier molecular flexibility index (Phi) is 4.08. The molecule has 1 aromatic rings. The highest BCUT2D eigenvalue weighted by Crippen LogP contribution is 2.12. The Bertz CT molecular complexity index is 296. The van der Waals surface area contributed by atoms with Crippen LogP contribution in [-0.4, -0.2) is 13.1 Å². The van der Waals surface area contributed by atoms with Crippen LogP contribution in [0.25, 0.3) is 0 Å². The molecule has 0 aromatic heterocycles. The van der Waals surface area contributed by atoms with Gasteiger partial charge in [0.1, 0.15) is 5.82 Å². The molecule has 0 amide bonds. The van der Waals surface area contributed by atoms with Crippen molar-refractivity contribution >= 4 is 0 Å². The van der Waals surface area contributed by atoms with Crippen LogP contribution in [0.2, 0.25) is 0 Å². The van der Waals surface area contributed by atoms with E-state index in [0.29, 0.717) is 6.04 Å². The number of halogens is 1. The highest BCUT2D eigenvalue weighted by atomic mass is 19.1. The summed E-state index contributed by atoms with van der Waals surface area (Å²) in [6.07, 6.45) is 1.77. The summed E-state index contributed by atoms with van der Waals surface area (Å²) in [7, 11) is 1.93. The highest BCUT2D eigenvalue weighted by molar-refractivity contribution is 5.24. The first kappa shape index (κ1) is 11.2. The van der Waals surface area contributed by atoms with Gasteiger partial charge in [-0.3, -0.25) is 0 Å². The molecule has 1 atom stereocenters. The third-order valence-electron chi connectivity index (χ3n) is 2.54. The summed E-state index contributed by atoms with van der Waals surface area (Å²) < 4.78 is 13.3. The van der Waals surface area contributed by atoms with Crippen molar-refractivity contribution in [2.75, 3.05) is 7.05 Å². The fourth-order valence-corrected chi connectivity index (χ4v) is 1.41. The SMILES string of the molecule is CNC(C)CCc1cc(C)ccc1F. The molecule has 1 nitrogen and oxygen atoms in total. The molecule has 0 aliphatic heterocycles. The second-order valence-electron chi connectivity index (χ2n) is 3.82. The number of nitrogens with one attached hydrogen (secondary N) is 1. The third-order valence-corrected chi connectivity index (χ3v) is 2.54. The molecule has 0 aliphatic rings.